The van der Waals surface area contributed by atoms with E-state index in [1.807, 2.05) is 43.3 Å². The molecule has 37 heavy (non-hydrogen) atoms. The molecule has 1 aromatic heterocycles. The number of urea groups is 1. The number of amides is 2. The number of aryl methyl sites for hydroxylation is 1. The standard InChI is InChI=1S/C29H31N3O4S/c1-3-4-7-20-32(29(33)31-37(34,35)27-18-10-22(2)11-19-27)25-14-16-26(17-15-25)36-21-24-13-12-23-8-5-6-9-28(23)30-24/h5-6,8-19H,3-4,7,20-21H2,1-2H3,(H,31,33). The molecule has 4 aromatic rings. The summed E-state index contributed by atoms with van der Waals surface area (Å²) in [6.07, 6.45) is 2.65. The predicted octanol–water partition coefficient (Wildman–Crippen LogP) is 6.22. The average Bonchev–Trinajstić information content (AvgIpc) is 2.90. The van der Waals surface area contributed by atoms with Crippen LogP contribution in [0.3, 0.4) is 0 Å². The molecule has 0 aliphatic rings. The molecule has 0 spiro atoms. The molecule has 2 amide bonds. The van der Waals surface area contributed by atoms with Crippen LogP contribution in [0.2, 0.25) is 0 Å². The number of unbranched alkanes of at least 4 members (excludes halogenated alkanes) is 2. The van der Waals surface area contributed by atoms with Gasteiger partial charge < -0.3 is 4.74 Å². The Morgan fingerprint density at radius 1 is 0.919 bits per heavy atom. The highest BCUT2D eigenvalue weighted by atomic mass is 32.2. The van der Waals surface area contributed by atoms with Crippen LogP contribution in [0.5, 0.6) is 5.75 Å². The summed E-state index contributed by atoms with van der Waals surface area (Å²) in [7, 11) is -4.00. The summed E-state index contributed by atoms with van der Waals surface area (Å²) >= 11 is 0. The minimum absolute atomic E-state index is 0.0472. The van der Waals surface area contributed by atoms with Gasteiger partial charge in [0.15, 0.2) is 0 Å². The highest BCUT2D eigenvalue weighted by molar-refractivity contribution is 7.90. The number of aromatic nitrogens is 1. The number of fused-ring (bicyclic) bond motifs is 1. The fourth-order valence-electron chi connectivity index (χ4n) is 3.88. The van der Waals surface area contributed by atoms with E-state index in [2.05, 4.69) is 16.6 Å². The number of nitrogens with one attached hydrogen (secondary N) is 1. The number of para-hydroxylation sites is 1. The number of carbonyl (C=O) groups is 1. The average molecular weight is 518 g/mol. The molecule has 0 bridgehead atoms. The Morgan fingerprint density at radius 2 is 1.65 bits per heavy atom. The molecule has 0 unspecified atom stereocenters. The van der Waals surface area contributed by atoms with Gasteiger partial charge in [0.2, 0.25) is 0 Å². The number of benzene rings is 3. The van der Waals surface area contributed by atoms with Crippen molar-refractivity contribution in [3.05, 3.63) is 96.2 Å². The van der Waals surface area contributed by atoms with Gasteiger partial charge in [-0.3, -0.25) is 4.90 Å². The third-order valence-corrected chi connectivity index (χ3v) is 7.31. The lowest BCUT2D eigenvalue weighted by atomic mass is 10.2. The summed E-state index contributed by atoms with van der Waals surface area (Å²) in [6, 6.07) is 24.6. The number of nitrogens with zero attached hydrogens (tertiary/aromatic N) is 2. The molecule has 8 heteroatoms. The second-order valence-corrected chi connectivity index (χ2v) is 10.5. The molecule has 3 aromatic carbocycles. The second kappa shape index (κ2) is 11.9. The maximum Gasteiger partial charge on any atom is 0.335 e. The first kappa shape index (κ1) is 26.2. The summed E-state index contributed by atoms with van der Waals surface area (Å²) in [5.74, 6) is 0.625. The molecule has 0 saturated carbocycles. The van der Waals surface area contributed by atoms with Gasteiger partial charge in [0, 0.05) is 17.6 Å². The van der Waals surface area contributed by atoms with Crippen molar-refractivity contribution in [2.24, 2.45) is 0 Å². The van der Waals surface area contributed by atoms with Crippen molar-refractivity contribution in [2.45, 2.75) is 44.6 Å². The smallest absolute Gasteiger partial charge is 0.335 e. The molecular formula is C29H31N3O4S. The Labute approximate surface area is 218 Å². The molecule has 0 atom stereocenters. The minimum atomic E-state index is -4.00. The Hall–Kier alpha value is -3.91. The van der Waals surface area contributed by atoms with E-state index in [9.17, 15) is 13.2 Å². The third-order valence-electron chi connectivity index (χ3n) is 5.97. The Balaban J connectivity index is 1.45. The van der Waals surface area contributed by atoms with Gasteiger partial charge >= 0.3 is 6.03 Å². The lowest BCUT2D eigenvalue weighted by molar-refractivity contribution is 0.250. The van der Waals surface area contributed by atoms with Crippen LogP contribution in [-0.2, 0) is 16.6 Å². The Kier molecular flexibility index (Phi) is 8.40. The second-order valence-electron chi connectivity index (χ2n) is 8.86. The SMILES string of the molecule is CCCCCN(C(=O)NS(=O)(=O)c1ccc(C)cc1)c1ccc(OCc2ccc3ccccc3n2)cc1. The van der Waals surface area contributed by atoms with Crippen molar-refractivity contribution in [1.82, 2.24) is 9.71 Å². The number of rotatable bonds is 10. The molecule has 0 fully saturated rings. The van der Waals surface area contributed by atoms with E-state index in [1.54, 1.807) is 36.4 Å². The van der Waals surface area contributed by atoms with Crippen LogP contribution in [0.25, 0.3) is 10.9 Å². The quantitative estimate of drug-likeness (QED) is 0.252. The number of carbonyl (C=O) groups excluding carboxylic acids is 1. The zero-order chi connectivity index (χ0) is 26.3. The van der Waals surface area contributed by atoms with E-state index in [0.717, 1.165) is 41.4 Å². The minimum Gasteiger partial charge on any atom is -0.487 e. The van der Waals surface area contributed by atoms with Crippen LogP contribution >= 0.6 is 0 Å². The first-order valence-corrected chi connectivity index (χ1v) is 13.8. The van der Waals surface area contributed by atoms with Crippen molar-refractivity contribution in [2.75, 3.05) is 11.4 Å². The fraction of sp³-hybridized carbons (Fsp3) is 0.241. The van der Waals surface area contributed by atoms with E-state index >= 15 is 0 Å². The van der Waals surface area contributed by atoms with Crippen LogP contribution in [0.1, 0.15) is 37.4 Å². The highest BCUT2D eigenvalue weighted by Gasteiger charge is 2.23. The van der Waals surface area contributed by atoms with E-state index < -0.39 is 16.1 Å². The predicted molar refractivity (Wildman–Crippen MR) is 146 cm³/mol. The molecule has 0 radical (unpaired) electrons. The maximum absolute atomic E-state index is 13.1. The molecule has 0 aliphatic carbocycles. The number of sulfonamides is 1. The van der Waals surface area contributed by atoms with E-state index in [4.69, 9.17) is 4.74 Å². The van der Waals surface area contributed by atoms with Gasteiger partial charge in [0.05, 0.1) is 16.1 Å². The van der Waals surface area contributed by atoms with Crippen LogP contribution in [0.15, 0.2) is 89.8 Å². The monoisotopic (exact) mass is 517 g/mol. The van der Waals surface area contributed by atoms with Crippen LogP contribution in [-0.4, -0.2) is 26.0 Å². The summed E-state index contributed by atoms with van der Waals surface area (Å²) < 4.78 is 33.7. The van der Waals surface area contributed by atoms with E-state index in [1.165, 1.54) is 17.0 Å². The fourth-order valence-corrected chi connectivity index (χ4v) is 4.83. The van der Waals surface area contributed by atoms with Crippen molar-refractivity contribution < 1.29 is 17.9 Å². The maximum atomic E-state index is 13.1. The van der Waals surface area contributed by atoms with Crippen molar-refractivity contribution in [3.63, 3.8) is 0 Å². The summed E-state index contributed by atoms with van der Waals surface area (Å²) in [4.78, 5) is 19.2. The summed E-state index contributed by atoms with van der Waals surface area (Å²) in [5, 5.41) is 1.07. The van der Waals surface area contributed by atoms with Crippen molar-refractivity contribution in [1.29, 1.82) is 0 Å². The number of anilines is 1. The van der Waals surface area contributed by atoms with Gasteiger partial charge in [-0.15, -0.1) is 0 Å². The summed E-state index contributed by atoms with van der Waals surface area (Å²) in [6.45, 7) is 4.64. The molecule has 0 aliphatic heterocycles. The van der Waals surface area contributed by atoms with Gasteiger partial charge in [0.1, 0.15) is 12.4 Å². The van der Waals surface area contributed by atoms with Gasteiger partial charge in [0.25, 0.3) is 10.0 Å². The molecule has 7 nitrogen and oxygen atoms in total. The van der Waals surface area contributed by atoms with Crippen LogP contribution in [0.4, 0.5) is 10.5 Å². The number of hydrogen-bond acceptors (Lipinski definition) is 5. The highest BCUT2D eigenvalue weighted by Crippen LogP contribution is 2.22. The van der Waals surface area contributed by atoms with Crippen molar-refractivity contribution in [3.8, 4) is 5.75 Å². The molecule has 1 N–H and O–H groups in total. The zero-order valence-electron chi connectivity index (χ0n) is 21.1. The molecule has 4 rings (SSSR count). The lowest BCUT2D eigenvalue weighted by Gasteiger charge is -2.23. The molecular weight excluding hydrogens is 486 g/mol. The zero-order valence-corrected chi connectivity index (χ0v) is 21.9. The normalized spacial score (nSPS) is 11.3. The number of hydrogen-bond donors (Lipinski definition) is 1. The molecule has 192 valence electrons. The van der Waals surface area contributed by atoms with Gasteiger partial charge in [-0.25, -0.2) is 22.9 Å². The van der Waals surface area contributed by atoms with Gasteiger partial charge in [-0.1, -0.05) is 61.7 Å². The Bertz CT molecular complexity index is 1450. The van der Waals surface area contributed by atoms with Crippen LogP contribution in [0, 0.1) is 6.92 Å². The van der Waals surface area contributed by atoms with E-state index in [0.29, 0.717) is 24.6 Å². The largest absolute Gasteiger partial charge is 0.487 e. The topological polar surface area (TPSA) is 88.6 Å². The molecule has 0 saturated heterocycles. The summed E-state index contributed by atoms with van der Waals surface area (Å²) in [5.41, 5.74) is 3.24. The van der Waals surface area contributed by atoms with E-state index in [-0.39, 0.29) is 4.90 Å². The number of pyridine rings is 1. The number of ether oxygens (including phenoxy) is 1. The lowest BCUT2D eigenvalue weighted by Crippen LogP contribution is -2.43. The third kappa shape index (κ3) is 6.86. The Morgan fingerprint density at radius 3 is 2.38 bits per heavy atom. The first-order chi connectivity index (χ1) is 17.9. The van der Waals surface area contributed by atoms with Gasteiger partial charge in [-0.05, 0) is 61.9 Å². The first-order valence-electron chi connectivity index (χ1n) is 12.3. The van der Waals surface area contributed by atoms with Crippen LogP contribution < -0.4 is 14.4 Å². The van der Waals surface area contributed by atoms with Crippen molar-refractivity contribution >= 4 is 32.6 Å². The molecule has 1 heterocycles. The van der Waals surface area contributed by atoms with Gasteiger partial charge in [-0.2, -0.15) is 0 Å².